The van der Waals surface area contributed by atoms with Crippen LogP contribution in [0.25, 0.3) is 0 Å². The van der Waals surface area contributed by atoms with Gasteiger partial charge in [-0.25, -0.2) is 13.1 Å². The lowest BCUT2D eigenvalue weighted by molar-refractivity contribution is -0.137. The Morgan fingerprint density at radius 3 is 2.59 bits per heavy atom. The predicted molar refractivity (Wildman–Crippen MR) is 147 cm³/mol. The number of carbonyl (C=O) groups is 1. The van der Waals surface area contributed by atoms with Gasteiger partial charge in [-0.05, 0) is 35.4 Å². The SMILES string of the molecule is COCCNCc1ccc2c(c1)OCCC2NC(=O)CC(NS(=O)(=O)c1cccc(C(F)(F)F)c1)c1ccccc1. The van der Waals surface area contributed by atoms with Crippen LogP contribution in [0.15, 0.2) is 77.7 Å². The summed E-state index contributed by atoms with van der Waals surface area (Å²) in [6.45, 7) is 2.31. The number of halogens is 3. The molecule has 0 fully saturated rings. The highest BCUT2D eigenvalue weighted by atomic mass is 32.2. The van der Waals surface area contributed by atoms with Crippen LogP contribution >= 0.6 is 0 Å². The van der Waals surface area contributed by atoms with E-state index in [4.69, 9.17) is 9.47 Å². The van der Waals surface area contributed by atoms with Crippen LogP contribution in [0.1, 0.15) is 47.2 Å². The lowest BCUT2D eigenvalue weighted by Crippen LogP contribution is -2.36. The molecule has 0 aliphatic carbocycles. The smallest absolute Gasteiger partial charge is 0.416 e. The molecule has 2 atom stereocenters. The number of benzene rings is 3. The molecule has 12 heteroatoms. The highest BCUT2D eigenvalue weighted by Gasteiger charge is 2.33. The van der Waals surface area contributed by atoms with Crippen LogP contribution in [0, 0.1) is 0 Å². The predicted octanol–water partition coefficient (Wildman–Crippen LogP) is 4.49. The van der Waals surface area contributed by atoms with Crippen LogP contribution in [-0.2, 0) is 32.3 Å². The van der Waals surface area contributed by atoms with E-state index in [-0.39, 0.29) is 12.5 Å². The monoisotopic (exact) mass is 591 g/mol. The number of hydrogen-bond acceptors (Lipinski definition) is 6. The summed E-state index contributed by atoms with van der Waals surface area (Å²) < 4.78 is 79.2. The lowest BCUT2D eigenvalue weighted by atomic mass is 9.98. The van der Waals surface area contributed by atoms with Crippen molar-refractivity contribution >= 4 is 15.9 Å². The van der Waals surface area contributed by atoms with Crippen molar-refractivity contribution in [2.45, 2.75) is 42.5 Å². The fraction of sp³-hybridized carbons (Fsp3) is 0.345. The second-order valence-electron chi connectivity index (χ2n) is 9.61. The molecule has 1 heterocycles. The zero-order valence-corrected chi connectivity index (χ0v) is 23.2. The molecule has 0 aromatic heterocycles. The van der Waals surface area contributed by atoms with Gasteiger partial charge in [-0.3, -0.25) is 4.79 Å². The molecule has 0 saturated carbocycles. The molecule has 3 aromatic rings. The summed E-state index contributed by atoms with van der Waals surface area (Å²) in [6.07, 6.45) is -4.45. The Morgan fingerprint density at radius 1 is 1.07 bits per heavy atom. The zero-order chi connectivity index (χ0) is 29.5. The van der Waals surface area contributed by atoms with Crippen molar-refractivity contribution in [2.75, 3.05) is 26.9 Å². The number of amides is 1. The molecule has 41 heavy (non-hydrogen) atoms. The average Bonchev–Trinajstić information content (AvgIpc) is 2.95. The third kappa shape index (κ3) is 8.29. The molecule has 8 nitrogen and oxygen atoms in total. The third-order valence-corrected chi connectivity index (χ3v) is 8.09. The number of rotatable bonds is 12. The van der Waals surface area contributed by atoms with Crippen LogP contribution in [-0.4, -0.2) is 41.2 Å². The van der Waals surface area contributed by atoms with Gasteiger partial charge in [0.1, 0.15) is 5.75 Å². The van der Waals surface area contributed by atoms with E-state index < -0.39 is 38.6 Å². The minimum absolute atomic E-state index is 0.267. The van der Waals surface area contributed by atoms with Gasteiger partial charge in [-0.15, -0.1) is 0 Å². The average molecular weight is 592 g/mol. The summed E-state index contributed by atoms with van der Waals surface area (Å²) in [7, 11) is -2.76. The summed E-state index contributed by atoms with van der Waals surface area (Å²) in [6, 6.07) is 16.3. The molecule has 2 unspecified atom stereocenters. The maximum Gasteiger partial charge on any atom is 0.416 e. The van der Waals surface area contributed by atoms with Crippen LogP contribution in [0.2, 0.25) is 0 Å². The summed E-state index contributed by atoms with van der Waals surface area (Å²) in [4.78, 5) is 12.7. The minimum atomic E-state index is -4.70. The van der Waals surface area contributed by atoms with Gasteiger partial charge in [0.15, 0.2) is 0 Å². The molecule has 0 spiro atoms. The molecule has 3 N–H and O–H groups in total. The Kier molecular flexibility index (Phi) is 10.0. The fourth-order valence-electron chi connectivity index (χ4n) is 4.55. The number of carbonyl (C=O) groups excluding carboxylic acids is 1. The molecular weight excluding hydrogens is 559 g/mol. The summed E-state index contributed by atoms with van der Waals surface area (Å²) in [5, 5.41) is 6.24. The lowest BCUT2D eigenvalue weighted by Gasteiger charge is -2.28. The Hall–Kier alpha value is -3.45. The molecule has 220 valence electrons. The Balaban J connectivity index is 1.49. The standard InChI is InChI=1S/C29H32F3N3O5S/c1-39-15-13-33-19-20-10-11-24-25(12-14-40-27(24)16-20)34-28(36)18-26(21-6-3-2-4-7-21)35-41(37,38)23-9-5-8-22(17-23)29(30,31)32/h2-11,16-17,25-26,33,35H,12-15,18-19H2,1H3,(H,34,36). The normalized spacial score (nSPS) is 16.0. The van der Waals surface area contributed by atoms with Crippen molar-refractivity contribution in [2.24, 2.45) is 0 Å². The van der Waals surface area contributed by atoms with Crippen LogP contribution < -0.4 is 20.1 Å². The second kappa shape index (κ2) is 13.5. The van der Waals surface area contributed by atoms with E-state index in [9.17, 15) is 26.4 Å². The zero-order valence-electron chi connectivity index (χ0n) is 22.4. The molecule has 4 rings (SSSR count). The van der Waals surface area contributed by atoms with Crippen molar-refractivity contribution in [3.05, 3.63) is 95.1 Å². The van der Waals surface area contributed by atoms with E-state index in [0.29, 0.717) is 50.1 Å². The number of hydrogen-bond donors (Lipinski definition) is 3. The highest BCUT2D eigenvalue weighted by molar-refractivity contribution is 7.89. The van der Waals surface area contributed by atoms with Gasteiger partial charge in [-0.1, -0.05) is 48.5 Å². The molecule has 0 saturated heterocycles. The first kappa shape index (κ1) is 30.5. The van der Waals surface area contributed by atoms with Crippen molar-refractivity contribution < 1.29 is 35.9 Å². The number of sulfonamides is 1. The maximum absolute atomic E-state index is 13.2. The maximum atomic E-state index is 13.2. The first-order valence-corrected chi connectivity index (χ1v) is 14.5. The number of fused-ring (bicyclic) bond motifs is 1. The van der Waals surface area contributed by atoms with E-state index in [0.717, 1.165) is 29.3 Å². The molecule has 1 aliphatic heterocycles. The third-order valence-electron chi connectivity index (χ3n) is 6.63. The largest absolute Gasteiger partial charge is 0.493 e. The number of methoxy groups -OCH3 is 1. The Bertz CT molecular complexity index is 1440. The molecule has 0 bridgehead atoms. The van der Waals surface area contributed by atoms with Crippen molar-refractivity contribution in [3.63, 3.8) is 0 Å². The van der Waals surface area contributed by atoms with Gasteiger partial charge in [-0.2, -0.15) is 13.2 Å². The summed E-state index contributed by atoms with van der Waals surface area (Å²) in [5.41, 5.74) is 1.24. The van der Waals surface area contributed by atoms with Crippen molar-refractivity contribution in [3.8, 4) is 5.75 Å². The van der Waals surface area contributed by atoms with E-state index >= 15 is 0 Å². The topological polar surface area (TPSA) is 106 Å². The minimum Gasteiger partial charge on any atom is -0.493 e. The Morgan fingerprint density at radius 2 is 1.85 bits per heavy atom. The highest BCUT2D eigenvalue weighted by Crippen LogP contribution is 2.34. The summed E-state index contributed by atoms with van der Waals surface area (Å²) in [5.74, 6) is 0.242. The quantitative estimate of drug-likeness (QED) is 0.268. The van der Waals surface area contributed by atoms with Gasteiger partial charge in [0.2, 0.25) is 15.9 Å². The number of alkyl halides is 3. The van der Waals surface area contributed by atoms with Crippen LogP contribution in [0.4, 0.5) is 13.2 Å². The van der Waals surface area contributed by atoms with Gasteiger partial charge in [0.05, 0.1) is 35.8 Å². The molecular formula is C29H32F3N3O5S. The molecule has 0 radical (unpaired) electrons. The van der Waals surface area contributed by atoms with Gasteiger partial charge < -0.3 is 20.1 Å². The van der Waals surface area contributed by atoms with Crippen molar-refractivity contribution in [1.82, 2.24) is 15.4 Å². The molecule has 3 aromatic carbocycles. The summed E-state index contributed by atoms with van der Waals surface area (Å²) >= 11 is 0. The van der Waals surface area contributed by atoms with Gasteiger partial charge in [0.25, 0.3) is 0 Å². The van der Waals surface area contributed by atoms with E-state index in [1.807, 2.05) is 18.2 Å². The number of nitrogens with one attached hydrogen (secondary N) is 3. The molecule has 1 amide bonds. The number of ether oxygens (including phenoxy) is 2. The van der Waals surface area contributed by atoms with E-state index in [2.05, 4.69) is 15.4 Å². The van der Waals surface area contributed by atoms with Gasteiger partial charge >= 0.3 is 6.18 Å². The fourth-order valence-corrected chi connectivity index (χ4v) is 5.82. The Labute approximate surface area is 237 Å². The van der Waals surface area contributed by atoms with E-state index in [1.54, 1.807) is 37.4 Å². The van der Waals surface area contributed by atoms with Crippen LogP contribution in [0.5, 0.6) is 5.75 Å². The second-order valence-corrected chi connectivity index (χ2v) is 11.3. The van der Waals surface area contributed by atoms with Crippen molar-refractivity contribution in [1.29, 1.82) is 0 Å². The molecule has 1 aliphatic rings. The van der Waals surface area contributed by atoms with Crippen LogP contribution in [0.3, 0.4) is 0 Å². The van der Waals surface area contributed by atoms with Gasteiger partial charge in [0, 0.05) is 38.6 Å². The first-order chi connectivity index (χ1) is 19.6. The van der Waals surface area contributed by atoms with E-state index in [1.165, 1.54) is 0 Å². The first-order valence-electron chi connectivity index (χ1n) is 13.1.